The molecule has 2 unspecified atom stereocenters. The topological polar surface area (TPSA) is 83.3 Å². The molecule has 0 bridgehead atoms. The van der Waals surface area contributed by atoms with Gasteiger partial charge < -0.3 is 4.74 Å². The van der Waals surface area contributed by atoms with Crippen LogP contribution >= 0.6 is 11.3 Å². The molecule has 1 aliphatic heterocycles. The normalized spacial score (nSPS) is 16.8. The lowest BCUT2D eigenvalue weighted by molar-refractivity contribution is -0.0787. The van der Waals surface area contributed by atoms with E-state index >= 15 is 0 Å². The first-order chi connectivity index (χ1) is 15.6. The number of nitrogens with zero attached hydrogens (tertiary/aromatic N) is 5. The monoisotopic (exact) mass is 455 g/mol. The predicted molar refractivity (Wildman–Crippen MR) is 127 cm³/mol. The average molecular weight is 456 g/mol. The van der Waals surface area contributed by atoms with E-state index in [1.807, 2.05) is 35.5 Å². The third-order valence-electron chi connectivity index (χ3n) is 5.60. The Bertz CT molecular complexity index is 1070. The fourth-order valence-electron chi connectivity index (χ4n) is 3.88. The fraction of sp³-hybridized carbons (Fsp3) is 0.435. The highest BCUT2D eigenvalue weighted by atomic mass is 32.1. The molecule has 3 aromatic rings. The van der Waals surface area contributed by atoms with Gasteiger partial charge in [0.2, 0.25) is 0 Å². The number of thiophene rings is 1. The van der Waals surface area contributed by atoms with E-state index in [9.17, 15) is 5.21 Å². The van der Waals surface area contributed by atoms with Crippen molar-refractivity contribution in [3.63, 3.8) is 0 Å². The number of unbranched alkanes of at least 4 members (excludes halogenated alkanes) is 1. The summed E-state index contributed by atoms with van der Waals surface area (Å²) < 4.78 is 6.33. The molecule has 0 spiro atoms. The maximum Gasteiger partial charge on any atom is 0.170 e. The second kappa shape index (κ2) is 10.4. The lowest BCUT2D eigenvalue weighted by Crippen LogP contribution is -2.25. The van der Waals surface area contributed by atoms with Gasteiger partial charge in [-0.25, -0.2) is 19.8 Å². The Morgan fingerprint density at radius 1 is 1.38 bits per heavy atom. The molecule has 2 atom stereocenters. The van der Waals surface area contributed by atoms with Crippen molar-refractivity contribution in [2.24, 2.45) is 11.0 Å². The zero-order chi connectivity index (χ0) is 22.5. The van der Waals surface area contributed by atoms with Gasteiger partial charge in [0.05, 0.1) is 23.4 Å². The summed E-state index contributed by atoms with van der Waals surface area (Å²) in [5, 5.41) is 19.9. The number of aromatic nitrogens is 2. The van der Waals surface area contributed by atoms with E-state index < -0.39 is 0 Å². The number of hydrogen-bond donors (Lipinski definition) is 1. The van der Waals surface area contributed by atoms with E-state index in [1.165, 1.54) is 0 Å². The van der Waals surface area contributed by atoms with Crippen LogP contribution in [0.5, 0.6) is 0 Å². The molecule has 8 nitrogen and oxygen atoms in total. The van der Waals surface area contributed by atoms with E-state index in [4.69, 9.17) is 14.7 Å². The third kappa shape index (κ3) is 4.61. The van der Waals surface area contributed by atoms with Crippen LogP contribution in [-0.2, 0) is 9.57 Å². The minimum absolute atomic E-state index is 0.0132. The van der Waals surface area contributed by atoms with Gasteiger partial charge in [-0.05, 0) is 30.4 Å². The molecule has 9 heteroatoms. The number of aryl methyl sites for hydroxylation is 1. The molecular weight excluding hydrogens is 426 g/mol. The molecule has 1 aliphatic rings. The lowest BCUT2D eigenvalue weighted by atomic mass is 9.92. The molecular formula is C23H29N5O3S. The maximum absolute atomic E-state index is 10.2. The molecule has 1 N–H and O–H groups in total. The highest BCUT2D eigenvalue weighted by Crippen LogP contribution is 2.41. The SMILES string of the molecule is CCCCC(/C=N/N(CCOC)c1ncnc2c(C)csc12)C1ON(O)c2ccccc21. The van der Waals surface area contributed by atoms with E-state index in [2.05, 4.69) is 29.2 Å². The van der Waals surface area contributed by atoms with Gasteiger partial charge in [0.15, 0.2) is 5.82 Å². The highest BCUT2D eigenvalue weighted by molar-refractivity contribution is 7.18. The summed E-state index contributed by atoms with van der Waals surface area (Å²) in [5.74, 6) is 0.757. The molecule has 0 radical (unpaired) electrons. The largest absolute Gasteiger partial charge is 0.383 e. The van der Waals surface area contributed by atoms with Gasteiger partial charge in [0.1, 0.15) is 18.1 Å². The van der Waals surface area contributed by atoms with Crippen molar-refractivity contribution in [3.05, 3.63) is 47.1 Å². The smallest absolute Gasteiger partial charge is 0.170 e. The number of methoxy groups -OCH3 is 1. The number of benzene rings is 1. The van der Waals surface area contributed by atoms with Gasteiger partial charge in [-0.1, -0.05) is 38.0 Å². The molecule has 2 aromatic heterocycles. The first-order valence-electron chi connectivity index (χ1n) is 10.9. The first kappa shape index (κ1) is 22.6. The fourth-order valence-corrected chi connectivity index (χ4v) is 4.87. The van der Waals surface area contributed by atoms with Crippen LogP contribution < -0.4 is 10.2 Å². The lowest BCUT2D eigenvalue weighted by Gasteiger charge is -2.22. The average Bonchev–Trinajstić information content (AvgIpc) is 3.36. The molecule has 0 amide bonds. The van der Waals surface area contributed by atoms with Crippen molar-refractivity contribution in [1.82, 2.24) is 9.97 Å². The molecule has 170 valence electrons. The summed E-state index contributed by atoms with van der Waals surface area (Å²) in [6, 6.07) is 7.70. The molecule has 3 heterocycles. The molecule has 0 saturated heterocycles. The Balaban J connectivity index is 1.66. The van der Waals surface area contributed by atoms with Gasteiger partial charge in [0.25, 0.3) is 0 Å². The molecule has 0 aliphatic carbocycles. The van der Waals surface area contributed by atoms with E-state index in [0.717, 1.165) is 51.7 Å². The molecule has 4 rings (SSSR count). The first-order valence-corrected chi connectivity index (χ1v) is 11.8. The Hall–Kier alpha value is -2.59. The standard InChI is InChI=1S/C23H29N5O3S/c1-4-5-8-17(21-18-9-6-7-10-19(18)28(29)31-21)13-26-27(11-12-30-3)23-22-20(24-15-25-23)16(2)14-32-22/h6-7,9-10,13-15,17,21,29H,4-5,8,11-12H2,1-3H3/b26-13+. The Labute approximate surface area is 192 Å². The van der Waals surface area contributed by atoms with E-state index in [0.29, 0.717) is 18.8 Å². The number of hydrazone groups is 1. The quantitative estimate of drug-likeness (QED) is 0.335. The van der Waals surface area contributed by atoms with Crippen LogP contribution in [-0.4, -0.2) is 41.7 Å². The number of ether oxygens (including phenoxy) is 1. The maximum atomic E-state index is 10.2. The minimum Gasteiger partial charge on any atom is -0.383 e. The second-order valence-electron chi connectivity index (χ2n) is 7.84. The van der Waals surface area contributed by atoms with Crippen LogP contribution in [0.2, 0.25) is 0 Å². The van der Waals surface area contributed by atoms with Crippen molar-refractivity contribution in [3.8, 4) is 0 Å². The van der Waals surface area contributed by atoms with Crippen LogP contribution in [0.25, 0.3) is 10.2 Å². The van der Waals surface area contributed by atoms with Crippen LogP contribution in [0.1, 0.15) is 43.4 Å². The number of anilines is 2. The zero-order valence-electron chi connectivity index (χ0n) is 18.6. The summed E-state index contributed by atoms with van der Waals surface area (Å²) in [5.41, 5.74) is 3.72. The highest BCUT2D eigenvalue weighted by Gasteiger charge is 2.34. The van der Waals surface area contributed by atoms with Gasteiger partial charge in [-0.3, -0.25) is 5.21 Å². The summed E-state index contributed by atoms with van der Waals surface area (Å²) >= 11 is 1.62. The minimum atomic E-state index is -0.301. The van der Waals surface area contributed by atoms with Crippen LogP contribution in [0.15, 0.2) is 41.1 Å². The number of fused-ring (bicyclic) bond motifs is 2. The number of rotatable bonds is 10. The summed E-state index contributed by atoms with van der Waals surface area (Å²) in [4.78, 5) is 14.8. The number of hydrogen-bond acceptors (Lipinski definition) is 9. The molecule has 0 fully saturated rings. The summed E-state index contributed by atoms with van der Waals surface area (Å²) in [6.07, 6.45) is 6.20. The van der Waals surface area contributed by atoms with Crippen molar-refractivity contribution < 1.29 is 14.8 Å². The van der Waals surface area contributed by atoms with Crippen molar-refractivity contribution >= 4 is 39.3 Å². The molecule has 32 heavy (non-hydrogen) atoms. The van der Waals surface area contributed by atoms with Crippen LogP contribution in [0, 0.1) is 12.8 Å². The Kier molecular flexibility index (Phi) is 7.31. The van der Waals surface area contributed by atoms with Crippen LogP contribution in [0.3, 0.4) is 0 Å². The van der Waals surface area contributed by atoms with Gasteiger partial charge >= 0.3 is 0 Å². The van der Waals surface area contributed by atoms with Crippen LogP contribution in [0.4, 0.5) is 11.5 Å². The molecule has 1 aromatic carbocycles. The number of para-hydroxylation sites is 1. The van der Waals surface area contributed by atoms with Gasteiger partial charge in [-0.2, -0.15) is 5.10 Å². The second-order valence-corrected chi connectivity index (χ2v) is 8.72. The van der Waals surface area contributed by atoms with Gasteiger partial charge in [-0.15, -0.1) is 16.6 Å². The van der Waals surface area contributed by atoms with Gasteiger partial charge in [0, 0.05) is 24.8 Å². The zero-order valence-corrected chi connectivity index (χ0v) is 19.5. The predicted octanol–water partition coefficient (Wildman–Crippen LogP) is 5.13. The Morgan fingerprint density at radius 3 is 3.03 bits per heavy atom. The van der Waals surface area contributed by atoms with Crippen molar-refractivity contribution in [2.45, 2.75) is 39.2 Å². The van der Waals surface area contributed by atoms with Crippen molar-refractivity contribution in [2.75, 3.05) is 30.5 Å². The third-order valence-corrected chi connectivity index (χ3v) is 6.69. The summed E-state index contributed by atoms with van der Waals surface area (Å²) in [6.45, 7) is 5.29. The Morgan fingerprint density at radius 2 is 2.22 bits per heavy atom. The molecule has 0 saturated carbocycles. The van der Waals surface area contributed by atoms with Crippen molar-refractivity contribution in [1.29, 1.82) is 0 Å². The van der Waals surface area contributed by atoms with E-state index in [-0.39, 0.29) is 12.0 Å². The van der Waals surface area contributed by atoms with E-state index in [1.54, 1.807) is 24.8 Å². The summed E-state index contributed by atoms with van der Waals surface area (Å²) in [7, 11) is 1.68.